The van der Waals surface area contributed by atoms with E-state index in [1.54, 1.807) is 0 Å². The first-order chi connectivity index (χ1) is 16.2. The molecule has 0 unspecified atom stereocenters. The lowest BCUT2D eigenvalue weighted by atomic mass is 10.0. The van der Waals surface area contributed by atoms with E-state index >= 15 is 0 Å². The van der Waals surface area contributed by atoms with Gasteiger partial charge in [-0.05, 0) is 37.6 Å². The molecular formula is C30H24N3+. The minimum absolute atomic E-state index is 0.987. The molecule has 0 radical (unpaired) electrons. The summed E-state index contributed by atoms with van der Waals surface area (Å²) in [5.41, 5.74) is 9.89. The van der Waals surface area contributed by atoms with Crippen molar-refractivity contribution in [2.24, 2.45) is 0 Å². The van der Waals surface area contributed by atoms with Crippen molar-refractivity contribution in [3.63, 3.8) is 0 Å². The maximum atomic E-state index is 5.14. The van der Waals surface area contributed by atoms with Crippen molar-refractivity contribution < 1.29 is 4.57 Å². The summed E-state index contributed by atoms with van der Waals surface area (Å²) in [6.07, 6.45) is 0. The van der Waals surface area contributed by atoms with Crippen molar-refractivity contribution in [1.82, 2.24) is 4.98 Å². The molecular weight excluding hydrogens is 402 g/mol. The molecule has 1 N–H and O–H groups in total. The van der Waals surface area contributed by atoms with Crippen molar-refractivity contribution >= 4 is 44.2 Å². The molecule has 0 fully saturated rings. The fourth-order valence-electron chi connectivity index (χ4n) is 4.54. The average Bonchev–Trinajstić information content (AvgIpc) is 2.85. The highest BCUT2D eigenvalue weighted by Crippen LogP contribution is 2.33. The van der Waals surface area contributed by atoms with Crippen LogP contribution in [-0.4, -0.2) is 4.98 Å². The van der Waals surface area contributed by atoms with Crippen LogP contribution in [0.4, 0.5) is 11.4 Å². The van der Waals surface area contributed by atoms with Crippen LogP contribution in [0.15, 0.2) is 103 Å². The van der Waals surface area contributed by atoms with Crippen molar-refractivity contribution in [1.29, 1.82) is 0 Å². The van der Waals surface area contributed by atoms with Crippen LogP contribution in [0.25, 0.3) is 38.5 Å². The number of aryl methyl sites for hydroxylation is 2. The first kappa shape index (κ1) is 19.4. The van der Waals surface area contributed by atoms with Crippen LogP contribution in [0.3, 0.4) is 0 Å². The maximum Gasteiger partial charge on any atom is 0.240 e. The zero-order valence-corrected chi connectivity index (χ0v) is 18.7. The number of fused-ring (bicyclic) bond motifs is 4. The highest BCUT2D eigenvalue weighted by atomic mass is 15.0. The lowest BCUT2D eigenvalue weighted by Crippen LogP contribution is -2.33. The second-order valence-corrected chi connectivity index (χ2v) is 8.60. The summed E-state index contributed by atoms with van der Waals surface area (Å²) in [6, 6.07) is 36.3. The normalized spacial score (nSPS) is 11.3. The van der Waals surface area contributed by atoms with Gasteiger partial charge in [-0.1, -0.05) is 66.2 Å². The van der Waals surface area contributed by atoms with Gasteiger partial charge in [0.2, 0.25) is 16.7 Å². The van der Waals surface area contributed by atoms with E-state index < -0.39 is 0 Å². The number of hydrogen-bond donors (Lipinski definition) is 1. The van der Waals surface area contributed by atoms with E-state index in [1.807, 2.05) is 0 Å². The summed E-state index contributed by atoms with van der Waals surface area (Å²) in [7, 11) is 0. The van der Waals surface area contributed by atoms with E-state index in [4.69, 9.17) is 4.98 Å². The van der Waals surface area contributed by atoms with Crippen LogP contribution in [0.2, 0.25) is 0 Å². The van der Waals surface area contributed by atoms with Crippen LogP contribution in [0, 0.1) is 13.8 Å². The molecule has 158 valence electrons. The van der Waals surface area contributed by atoms with E-state index in [9.17, 15) is 0 Å². The number of aromatic nitrogens is 2. The van der Waals surface area contributed by atoms with Gasteiger partial charge in [0, 0.05) is 40.7 Å². The van der Waals surface area contributed by atoms with Gasteiger partial charge in [-0.25, -0.2) is 4.98 Å². The van der Waals surface area contributed by atoms with E-state index in [-0.39, 0.29) is 0 Å². The Balaban J connectivity index is 1.74. The quantitative estimate of drug-likeness (QED) is 0.184. The molecule has 0 amide bonds. The van der Waals surface area contributed by atoms with Gasteiger partial charge in [-0.3, -0.25) is 0 Å². The van der Waals surface area contributed by atoms with E-state index in [0.717, 1.165) is 49.9 Å². The Morgan fingerprint density at radius 1 is 0.636 bits per heavy atom. The first-order valence-electron chi connectivity index (χ1n) is 11.2. The maximum absolute atomic E-state index is 5.14. The number of para-hydroxylation sites is 1. The molecule has 1 aromatic heterocycles. The molecule has 0 saturated heterocycles. The number of rotatable bonds is 3. The van der Waals surface area contributed by atoms with Crippen molar-refractivity contribution in [3.05, 3.63) is 114 Å². The largest absolute Gasteiger partial charge is 0.355 e. The summed E-state index contributed by atoms with van der Waals surface area (Å²) in [5, 5.41) is 5.96. The third-order valence-corrected chi connectivity index (χ3v) is 6.19. The summed E-state index contributed by atoms with van der Waals surface area (Å²) < 4.78 is 2.33. The van der Waals surface area contributed by atoms with Gasteiger partial charge in [-0.2, -0.15) is 0 Å². The molecule has 0 aliphatic heterocycles. The Morgan fingerprint density at radius 3 is 2.12 bits per heavy atom. The van der Waals surface area contributed by atoms with Gasteiger partial charge in [0.05, 0.1) is 5.69 Å². The molecule has 0 atom stereocenters. The van der Waals surface area contributed by atoms with Crippen molar-refractivity contribution in [2.75, 3.05) is 5.32 Å². The average molecular weight is 427 g/mol. The fraction of sp³-hybridized carbons (Fsp3) is 0.0667. The fourth-order valence-corrected chi connectivity index (χ4v) is 4.54. The molecule has 1 heterocycles. The highest BCUT2D eigenvalue weighted by Gasteiger charge is 2.22. The van der Waals surface area contributed by atoms with E-state index in [1.165, 1.54) is 11.1 Å². The SMILES string of the molecule is Cc1ccc(Nc2cc3c(nc4ccc(C)cc4[n+]3-c3ccccc3)c3ccccc23)cc1. The second-order valence-electron chi connectivity index (χ2n) is 8.60. The Labute approximate surface area is 193 Å². The van der Waals surface area contributed by atoms with Crippen LogP contribution in [0.1, 0.15) is 11.1 Å². The summed E-state index contributed by atoms with van der Waals surface area (Å²) in [5.74, 6) is 0. The number of benzene rings is 5. The van der Waals surface area contributed by atoms with Crippen LogP contribution in [-0.2, 0) is 0 Å². The molecule has 33 heavy (non-hydrogen) atoms. The summed E-state index contributed by atoms with van der Waals surface area (Å²) >= 11 is 0. The van der Waals surface area contributed by atoms with Crippen molar-refractivity contribution in [3.8, 4) is 5.69 Å². The number of anilines is 2. The molecule has 3 nitrogen and oxygen atoms in total. The highest BCUT2D eigenvalue weighted by molar-refractivity contribution is 6.11. The van der Waals surface area contributed by atoms with Gasteiger partial charge < -0.3 is 5.32 Å². The predicted molar refractivity (Wildman–Crippen MR) is 137 cm³/mol. The zero-order chi connectivity index (χ0) is 22.4. The van der Waals surface area contributed by atoms with Crippen molar-refractivity contribution in [2.45, 2.75) is 13.8 Å². The molecule has 0 spiro atoms. The van der Waals surface area contributed by atoms with Gasteiger partial charge >= 0.3 is 0 Å². The lowest BCUT2D eigenvalue weighted by Gasteiger charge is -2.13. The van der Waals surface area contributed by atoms with E-state index in [2.05, 4.69) is 127 Å². The molecule has 6 aromatic rings. The monoisotopic (exact) mass is 426 g/mol. The Morgan fingerprint density at radius 2 is 1.33 bits per heavy atom. The Kier molecular flexibility index (Phi) is 4.55. The molecule has 3 heteroatoms. The van der Waals surface area contributed by atoms with Crippen LogP contribution < -0.4 is 9.88 Å². The third-order valence-electron chi connectivity index (χ3n) is 6.19. The topological polar surface area (TPSA) is 28.8 Å². The van der Waals surface area contributed by atoms with E-state index in [0.29, 0.717) is 0 Å². The molecule has 6 rings (SSSR count). The second kappa shape index (κ2) is 7.72. The number of hydrogen-bond acceptors (Lipinski definition) is 2. The zero-order valence-electron chi connectivity index (χ0n) is 18.7. The summed E-state index contributed by atoms with van der Waals surface area (Å²) in [6.45, 7) is 4.24. The van der Waals surface area contributed by atoms with Crippen LogP contribution >= 0.6 is 0 Å². The molecule has 5 aromatic carbocycles. The standard InChI is InChI=1S/C30H23N3/c1-20-12-15-22(16-13-20)31-27-19-29-30(25-11-7-6-10-24(25)27)32-26-17-14-21(2)18-28(26)33(29)23-8-4-3-5-9-23/h3-19H,1-2H3/p+1. The number of nitrogens with one attached hydrogen (secondary N) is 1. The van der Waals surface area contributed by atoms with Gasteiger partial charge in [-0.15, -0.1) is 4.57 Å². The Bertz CT molecular complexity index is 1640. The number of nitrogens with zero attached hydrogens (tertiary/aromatic N) is 2. The first-order valence-corrected chi connectivity index (χ1v) is 11.2. The smallest absolute Gasteiger partial charge is 0.240 e. The molecule has 0 saturated carbocycles. The third kappa shape index (κ3) is 3.39. The predicted octanol–water partition coefficient (Wildman–Crippen LogP) is 7.18. The molecule has 0 aliphatic rings. The minimum atomic E-state index is 0.987. The minimum Gasteiger partial charge on any atom is -0.355 e. The van der Waals surface area contributed by atoms with Gasteiger partial charge in [0.25, 0.3) is 0 Å². The lowest BCUT2D eigenvalue weighted by molar-refractivity contribution is -0.538. The molecule has 0 aliphatic carbocycles. The molecule has 0 bridgehead atoms. The Hall–Kier alpha value is -4.24. The van der Waals surface area contributed by atoms with Gasteiger partial charge in [0.1, 0.15) is 11.0 Å². The van der Waals surface area contributed by atoms with Gasteiger partial charge in [0.15, 0.2) is 0 Å². The summed E-state index contributed by atoms with van der Waals surface area (Å²) in [4.78, 5) is 5.14. The van der Waals surface area contributed by atoms with Crippen LogP contribution in [0.5, 0.6) is 0 Å².